The van der Waals surface area contributed by atoms with Crippen molar-refractivity contribution in [2.75, 3.05) is 23.4 Å². The zero-order valence-electron chi connectivity index (χ0n) is 11.8. The first-order chi connectivity index (χ1) is 10.1. The highest BCUT2D eigenvalue weighted by Crippen LogP contribution is 2.25. The largest absolute Gasteiger partial charge is 0.370 e. The summed E-state index contributed by atoms with van der Waals surface area (Å²) in [4.78, 5) is 8.83. The molecule has 0 bridgehead atoms. The van der Waals surface area contributed by atoms with E-state index in [-0.39, 0.29) is 5.82 Å². The van der Waals surface area contributed by atoms with Crippen LogP contribution in [0.3, 0.4) is 0 Å². The minimum atomic E-state index is -0.247. The molecule has 0 spiro atoms. The third-order valence-corrected chi connectivity index (χ3v) is 4.08. The van der Waals surface area contributed by atoms with E-state index >= 15 is 0 Å². The van der Waals surface area contributed by atoms with Crippen molar-refractivity contribution in [3.63, 3.8) is 0 Å². The summed E-state index contributed by atoms with van der Waals surface area (Å²) in [5, 5.41) is 7.16. The van der Waals surface area contributed by atoms with Crippen LogP contribution in [0.2, 0.25) is 0 Å². The van der Waals surface area contributed by atoms with Gasteiger partial charge in [-0.1, -0.05) is 18.7 Å². The van der Waals surface area contributed by atoms with Crippen molar-refractivity contribution < 1.29 is 4.39 Å². The smallest absolute Gasteiger partial charge is 0.191 e. The van der Waals surface area contributed by atoms with Crippen molar-refractivity contribution in [2.24, 2.45) is 0 Å². The Balaban J connectivity index is 2.25. The van der Waals surface area contributed by atoms with Crippen LogP contribution in [0.4, 0.5) is 21.7 Å². The zero-order valence-corrected chi connectivity index (χ0v) is 14.8. The van der Waals surface area contributed by atoms with E-state index in [4.69, 9.17) is 0 Å². The molecule has 7 heteroatoms. The summed E-state index contributed by atoms with van der Waals surface area (Å²) in [5.74, 6) is 1.23. The van der Waals surface area contributed by atoms with Gasteiger partial charge in [-0.25, -0.2) is 14.4 Å². The van der Waals surface area contributed by atoms with Crippen LogP contribution in [0.25, 0.3) is 0 Å². The summed E-state index contributed by atoms with van der Waals surface area (Å²) in [6.07, 6.45) is 2.96. The number of halogens is 2. The van der Waals surface area contributed by atoms with Crippen LogP contribution < -0.4 is 10.6 Å². The Kier molecular flexibility index (Phi) is 6.04. The van der Waals surface area contributed by atoms with Crippen molar-refractivity contribution in [1.82, 2.24) is 9.97 Å². The SMILES string of the molecule is CCCNc1cc(Nc2ccc(F)cc2I)nc(SC)n1. The van der Waals surface area contributed by atoms with E-state index in [1.54, 1.807) is 6.07 Å². The molecule has 0 atom stereocenters. The van der Waals surface area contributed by atoms with E-state index in [1.807, 2.05) is 12.3 Å². The van der Waals surface area contributed by atoms with E-state index in [2.05, 4.69) is 50.1 Å². The van der Waals surface area contributed by atoms with Gasteiger partial charge in [-0.15, -0.1) is 0 Å². The molecule has 2 rings (SSSR count). The van der Waals surface area contributed by atoms with Crippen LogP contribution >= 0.6 is 34.4 Å². The molecule has 0 aliphatic carbocycles. The van der Waals surface area contributed by atoms with E-state index in [0.29, 0.717) is 11.0 Å². The Hall–Kier alpha value is -1.09. The number of nitrogens with zero attached hydrogens (tertiary/aromatic N) is 2. The van der Waals surface area contributed by atoms with Crippen molar-refractivity contribution in [2.45, 2.75) is 18.5 Å². The van der Waals surface area contributed by atoms with E-state index < -0.39 is 0 Å². The number of aromatic nitrogens is 2. The third kappa shape index (κ3) is 4.70. The third-order valence-electron chi connectivity index (χ3n) is 2.64. The quantitative estimate of drug-likeness (QED) is 0.411. The molecule has 112 valence electrons. The lowest BCUT2D eigenvalue weighted by atomic mass is 10.3. The van der Waals surface area contributed by atoms with Crippen LogP contribution in [0, 0.1) is 9.39 Å². The molecule has 0 unspecified atom stereocenters. The van der Waals surface area contributed by atoms with Crippen molar-refractivity contribution in [3.8, 4) is 0 Å². The van der Waals surface area contributed by atoms with Gasteiger partial charge in [0.1, 0.15) is 17.5 Å². The Bertz CT molecular complexity index is 624. The highest BCUT2D eigenvalue weighted by Gasteiger charge is 2.07. The number of anilines is 3. The van der Waals surface area contributed by atoms with Gasteiger partial charge in [0.25, 0.3) is 0 Å². The summed E-state index contributed by atoms with van der Waals surface area (Å²) in [6.45, 7) is 2.96. The molecule has 0 aliphatic rings. The molecule has 2 aromatic rings. The molecular weight excluding hydrogens is 402 g/mol. The number of thioether (sulfide) groups is 1. The molecule has 4 nitrogen and oxygen atoms in total. The summed E-state index contributed by atoms with van der Waals surface area (Å²) in [7, 11) is 0. The van der Waals surface area contributed by atoms with Gasteiger partial charge in [-0.3, -0.25) is 0 Å². The number of hydrogen-bond donors (Lipinski definition) is 2. The first kappa shape index (κ1) is 16.3. The number of hydrogen-bond acceptors (Lipinski definition) is 5. The van der Waals surface area contributed by atoms with E-state index in [1.165, 1.54) is 23.9 Å². The Labute approximate surface area is 141 Å². The predicted octanol–water partition coefficient (Wildman–Crippen LogP) is 4.51. The zero-order chi connectivity index (χ0) is 15.2. The van der Waals surface area contributed by atoms with Crippen molar-refractivity contribution >= 4 is 51.7 Å². The fraction of sp³-hybridized carbons (Fsp3) is 0.286. The van der Waals surface area contributed by atoms with Crippen LogP contribution in [0.15, 0.2) is 29.4 Å². The van der Waals surface area contributed by atoms with Gasteiger partial charge in [0, 0.05) is 16.2 Å². The van der Waals surface area contributed by atoms with Crippen LogP contribution in [-0.2, 0) is 0 Å². The lowest BCUT2D eigenvalue weighted by Crippen LogP contribution is -2.05. The number of rotatable bonds is 6. The molecule has 0 aliphatic heterocycles. The summed E-state index contributed by atoms with van der Waals surface area (Å²) >= 11 is 3.58. The molecule has 0 fully saturated rings. The van der Waals surface area contributed by atoms with Gasteiger partial charge in [0.05, 0.1) is 5.69 Å². The lowest BCUT2D eigenvalue weighted by Gasteiger charge is -2.11. The molecule has 0 amide bonds. The first-order valence-electron chi connectivity index (χ1n) is 6.51. The Morgan fingerprint density at radius 1 is 1.24 bits per heavy atom. The predicted molar refractivity (Wildman–Crippen MR) is 95.0 cm³/mol. The standard InChI is InChI=1S/C14H16FIN4S/c1-3-6-17-12-8-13(20-14(19-12)21-2)18-11-5-4-9(15)7-10(11)16/h4-5,7-8H,3,6H2,1-2H3,(H2,17,18,19,20). The molecule has 0 saturated carbocycles. The van der Waals surface area contributed by atoms with Crippen LogP contribution in [0.5, 0.6) is 0 Å². The van der Waals surface area contributed by atoms with Gasteiger partial charge in [0.15, 0.2) is 5.16 Å². The topological polar surface area (TPSA) is 49.8 Å². The molecule has 0 saturated heterocycles. The minimum Gasteiger partial charge on any atom is -0.370 e. The van der Waals surface area contributed by atoms with E-state index in [9.17, 15) is 4.39 Å². The fourth-order valence-corrected chi connectivity index (χ4v) is 2.64. The second-order valence-electron chi connectivity index (χ2n) is 4.30. The second kappa shape index (κ2) is 7.79. The van der Waals surface area contributed by atoms with Gasteiger partial charge in [-0.2, -0.15) is 0 Å². The molecule has 0 radical (unpaired) electrons. The molecule has 1 aromatic carbocycles. The van der Waals surface area contributed by atoms with Crippen molar-refractivity contribution in [1.29, 1.82) is 0 Å². The number of nitrogens with one attached hydrogen (secondary N) is 2. The Morgan fingerprint density at radius 2 is 2.00 bits per heavy atom. The average Bonchev–Trinajstić information content (AvgIpc) is 2.48. The summed E-state index contributed by atoms with van der Waals surface area (Å²) in [5.41, 5.74) is 0.823. The number of benzene rings is 1. The Morgan fingerprint density at radius 3 is 2.67 bits per heavy atom. The maximum absolute atomic E-state index is 13.1. The summed E-state index contributed by atoms with van der Waals surface area (Å²) in [6, 6.07) is 6.47. The second-order valence-corrected chi connectivity index (χ2v) is 6.24. The van der Waals surface area contributed by atoms with Gasteiger partial charge in [0.2, 0.25) is 0 Å². The van der Waals surface area contributed by atoms with Crippen LogP contribution in [-0.4, -0.2) is 22.8 Å². The normalized spacial score (nSPS) is 10.5. The molecule has 21 heavy (non-hydrogen) atoms. The maximum Gasteiger partial charge on any atom is 0.191 e. The summed E-state index contributed by atoms with van der Waals surface area (Å²) < 4.78 is 13.9. The van der Waals surface area contributed by atoms with Crippen molar-refractivity contribution in [3.05, 3.63) is 33.7 Å². The molecule has 2 N–H and O–H groups in total. The fourth-order valence-electron chi connectivity index (χ4n) is 1.65. The maximum atomic E-state index is 13.1. The minimum absolute atomic E-state index is 0.247. The highest BCUT2D eigenvalue weighted by molar-refractivity contribution is 14.1. The van der Waals surface area contributed by atoms with Gasteiger partial charge >= 0.3 is 0 Å². The first-order valence-corrected chi connectivity index (χ1v) is 8.81. The van der Waals surface area contributed by atoms with E-state index in [0.717, 1.165) is 28.0 Å². The van der Waals surface area contributed by atoms with Gasteiger partial charge in [-0.05, 0) is 53.5 Å². The molecule has 1 heterocycles. The lowest BCUT2D eigenvalue weighted by molar-refractivity contribution is 0.627. The molecular formula is C14H16FIN4S. The monoisotopic (exact) mass is 418 g/mol. The molecule has 1 aromatic heterocycles. The highest BCUT2D eigenvalue weighted by atomic mass is 127. The van der Waals surface area contributed by atoms with Gasteiger partial charge < -0.3 is 10.6 Å². The van der Waals surface area contributed by atoms with Crippen LogP contribution in [0.1, 0.15) is 13.3 Å². The average molecular weight is 418 g/mol.